The fourth-order valence-electron chi connectivity index (χ4n) is 5.23. The van der Waals surface area contributed by atoms with Crippen molar-refractivity contribution in [1.82, 2.24) is 5.01 Å². The van der Waals surface area contributed by atoms with E-state index in [9.17, 15) is 34.9 Å². The molecule has 11 heteroatoms. The monoisotopic (exact) mass is 526 g/mol. The number of aromatic carboxylic acids is 1. The van der Waals surface area contributed by atoms with Crippen molar-refractivity contribution in [3.05, 3.63) is 121 Å². The second kappa shape index (κ2) is 10.3. The average molecular weight is 527 g/mol. The van der Waals surface area contributed by atoms with E-state index in [0.717, 1.165) is 12.0 Å². The van der Waals surface area contributed by atoms with Crippen LogP contribution in [0.1, 0.15) is 57.1 Å². The number of nitro benzene ring substituents is 2. The Morgan fingerprint density at radius 2 is 1.59 bits per heavy atom. The van der Waals surface area contributed by atoms with Crippen molar-refractivity contribution >= 4 is 35.0 Å². The molecule has 3 aromatic carbocycles. The zero-order valence-corrected chi connectivity index (χ0v) is 20.5. The van der Waals surface area contributed by atoms with Gasteiger partial charge in [-0.2, -0.15) is 5.10 Å². The first-order valence-electron chi connectivity index (χ1n) is 12.2. The topological polar surface area (TPSA) is 156 Å². The molecule has 0 saturated heterocycles. The highest BCUT2D eigenvalue weighted by molar-refractivity contribution is 6.10. The lowest BCUT2D eigenvalue weighted by Crippen LogP contribution is -2.32. The minimum Gasteiger partial charge on any atom is -0.478 e. The Labute approximate surface area is 222 Å². The second-order valence-corrected chi connectivity index (χ2v) is 9.30. The molecule has 2 aliphatic rings. The van der Waals surface area contributed by atoms with E-state index in [-0.39, 0.29) is 28.4 Å². The molecule has 3 aromatic rings. The number of amides is 1. The van der Waals surface area contributed by atoms with Gasteiger partial charge in [0.2, 0.25) is 0 Å². The van der Waals surface area contributed by atoms with Crippen molar-refractivity contribution in [2.45, 2.75) is 25.3 Å². The van der Waals surface area contributed by atoms with Gasteiger partial charge in [-0.05, 0) is 54.2 Å². The second-order valence-electron chi connectivity index (χ2n) is 9.30. The fraction of sp³-hybridized carbons (Fsp3) is 0.179. The lowest BCUT2D eigenvalue weighted by atomic mass is 9.77. The molecule has 1 N–H and O–H groups in total. The van der Waals surface area contributed by atoms with Gasteiger partial charge in [-0.3, -0.25) is 25.0 Å². The summed E-state index contributed by atoms with van der Waals surface area (Å²) in [6, 6.07) is 17.3. The predicted molar refractivity (Wildman–Crippen MR) is 141 cm³/mol. The Kier molecular flexibility index (Phi) is 6.72. The summed E-state index contributed by atoms with van der Waals surface area (Å²) in [7, 11) is 0. The SMILES string of the molecule is O=C(O)c1ccccc1C(=O)N1N=C2/C(=C/c3cccc([N+](=O)[O-])c3)CCCC2C1c1cccc([N+](=O)[O-])c1. The third-order valence-corrected chi connectivity index (χ3v) is 6.94. The number of carbonyl (C=O) groups excluding carboxylic acids is 1. The van der Waals surface area contributed by atoms with Crippen LogP contribution in [0.4, 0.5) is 11.4 Å². The Balaban J connectivity index is 1.63. The van der Waals surface area contributed by atoms with Crippen molar-refractivity contribution in [3.8, 4) is 0 Å². The van der Waals surface area contributed by atoms with Crippen LogP contribution in [0.3, 0.4) is 0 Å². The van der Waals surface area contributed by atoms with E-state index in [2.05, 4.69) is 5.10 Å². The number of allylic oxidation sites excluding steroid dienone is 1. The number of nitrogens with zero attached hydrogens (tertiary/aromatic N) is 4. The first-order valence-corrected chi connectivity index (χ1v) is 12.2. The maximum Gasteiger partial charge on any atom is 0.336 e. The number of hydrogen-bond acceptors (Lipinski definition) is 7. The zero-order valence-electron chi connectivity index (χ0n) is 20.5. The van der Waals surface area contributed by atoms with Crippen molar-refractivity contribution < 1.29 is 24.5 Å². The molecule has 11 nitrogen and oxygen atoms in total. The summed E-state index contributed by atoms with van der Waals surface area (Å²) < 4.78 is 0. The number of carboxylic acid groups (broad SMARTS) is 1. The molecule has 0 spiro atoms. The van der Waals surface area contributed by atoms with Crippen LogP contribution in [0.25, 0.3) is 6.08 Å². The number of fused-ring (bicyclic) bond motifs is 1. The number of carbonyl (C=O) groups is 2. The van der Waals surface area contributed by atoms with Gasteiger partial charge in [0.05, 0.1) is 32.7 Å². The van der Waals surface area contributed by atoms with E-state index < -0.39 is 27.8 Å². The quantitative estimate of drug-likeness (QED) is 0.322. The van der Waals surface area contributed by atoms with Crippen LogP contribution in [0.2, 0.25) is 0 Å². The lowest BCUT2D eigenvalue weighted by Gasteiger charge is -2.29. The largest absolute Gasteiger partial charge is 0.478 e. The van der Waals surface area contributed by atoms with E-state index in [4.69, 9.17) is 0 Å². The molecule has 0 radical (unpaired) electrons. The number of benzene rings is 3. The van der Waals surface area contributed by atoms with Gasteiger partial charge in [0.25, 0.3) is 17.3 Å². The fourth-order valence-corrected chi connectivity index (χ4v) is 5.23. The molecule has 1 fully saturated rings. The number of non-ortho nitro benzene ring substituents is 2. The molecular formula is C28H22N4O7. The number of hydrogen-bond donors (Lipinski definition) is 1. The van der Waals surface area contributed by atoms with E-state index in [0.29, 0.717) is 29.7 Å². The Morgan fingerprint density at radius 1 is 0.923 bits per heavy atom. The Morgan fingerprint density at radius 3 is 2.28 bits per heavy atom. The Hall–Kier alpha value is -5.19. The molecule has 1 saturated carbocycles. The van der Waals surface area contributed by atoms with Crippen molar-refractivity contribution in [1.29, 1.82) is 0 Å². The van der Waals surface area contributed by atoms with Gasteiger partial charge in [-0.1, -0.05) is 36.4 Å². The maximum absolute atomic E-state index is 13.8. The highest BCUT2D eigenvalue weighted by Gasteiger charge is 2.44. The smallest absolute Gasteiger partial charge is 0.336 e. The molecule has 1 amide bonds. The first-order chi connectivity index (χ1) is 18.7. The molecule has 0 bridgehead atoms. The number of hydrazone groups is 1. The van der Waals surface area contributed by atoms with Crippen molar-refractivity contribution in [3.63, 3.8) is 0 Å². The van der Waals surface area contributed by atoms with Gasteiger partial charge in [-0.15, -0.1) is 0 Å². The summed E-state index contributed by atoms with van der Waals surface area (Å²) in [6.45, 7) is 0. The molecule has 5 rings (SSSR count). The molecule has 196 valence electrons. The molecule has 39 heavy (non-hydrogen) atoms. The minimum atomic E-state index is -1.26. The van der Waals surface area contributed by atoms with Gasteiger partial charge in [-0.25, -0.2) is 9.80 Å². The first kappa shape index (κ1) is 25.5. The van der Waals surface area contributed by atoms with Gasteiger partial charge in [0.15, 0.2) is 0 Å². The molecular weight excluding hydrogens is 504 g/mol. The highest BCUT2D eigenvalue weighted by Crippen LogP contribution is 2.45. The minimum absolute atomic E-state index is 0.0485. The lowest BCUT2D eigenvalue weighted by molar-refractivity contribution is -0.385. The van der Waals surface area contributed by atoms with Gasteiger partial charge in [0, 0.05) is 30.2 Å². The molecule has 2 atom stereocenters. The number of rotatable bonds is 6. The predicted octanol–water partition coefficient (Wildman–Crippen LogP) is 5.64. The van der Waals surface area contributed by atoms with Crippen LogP contribution in [0.15, 0.2) is 83.5 Å². The third-order valence-electron chi connectivity index (χ3n) is 6.94. The van der Waals surface area contributed by atoms with Crippen LogP contribution < -0.4 is 0 Å². The number of nitro groups is 2. The van der Waals surface area contributed by atoms with Gasteiger partial charge >= 0.3 is 5.97 Å². The molecule has 1 aliphatic carbocycles. The molecule has 1 heterocycles. The summed E-state index contributed by atoms with van der Waals surface area (Å²) in [6.07, 6.45) is 3.81. The van der Waals surface area contributed by atoms with Crippen LogP contribution >= 0.6 is 0 Å². The van der Waals surface area contributed by atoms with Crippen LogP contribution in [-0.2, 0) is 0 Å². The highest BCUT2D eigenvalue weighted by atomic mass is 16.6. The standard InChI is InChI=1S/C28H22N4O7/c33-27(22-11-1-2-12-23(22)28(34)35)30-26(19-8-4-10-21(16-19)32(38)39)24-13-5-7-18(25(24)29-30)14-17-6-3-9-20(15-17)31(36)37/h1-4,6,8-12,14-16,24,26H,5,7,13H2,(H,34,35)/b18-14+. The maximum atomic E-state index is 13.8. The summed E-state index contributed by atoms with van der Waals surface area (Å²) >= 11 is 0. The van der Waals surface area contributed by atoms with E-state index in [1.54, 1.807) is 30.3 Å². The van der Waals surface area contributed by atoms with Crippen LogP contribution in [0, 0.1) is 26.1 Å². The van der Waals surface area contributed by atoms with E-state index in [1.807, 2.05) is 6.08 Å². The zero-order chi connectivity index (χ0) is 27.7. The third kappa shape index (κ3) is 4.89. The number of carboxylic acids is 1. The van der Waals surface area contributed by atoms with Crippen LogP contribution in [0.5, 0.6) is 0 Å². The molecule has 0 aromatic heterocycles. The van der Waals surface area contributed by atoms with Crippen molar-refractivity contribution in [2.24, 2.45) is 11.0 Å². The van der Waals surface area contributed by atoms with Gasteiger partial charge in [0.1, 0.15) is 0 Å². The molecule has 2 unspecified atom stereocenters. The van der Waals surface area contributed by atoms with Crippen LogP contribution in [-0.4, -0.2) is 37.6 Å². The normalized spacial score (nSPS) is 19.3. The summed E-state index contributed by atoms with van der Waals surface area (Å²) in [5.41, 5.74) is 2.09. The van der Waals surface area contributed by atoms with Crippen molar-refractivity contribution in [2.75, 3.05) is 0 Å². The summed E-state index contributed by atoms with van der Waals surface area (Å²) in [5, 5.41) is 38.4. The van der Waals surface area contributed by atoms with Gasteiger partial charge < -0.3 is 5.11 Å². The Bertz CT molecular complexity index is 1580. The summed E-state index contributed by atoms with van der Waals surface area (Å²) in [5.74, 6) is -2.21. The summed E-state index contributed by atoms with van der Waals surface area (Å²) in [4.78, 5) is 47.5. The van der Waals surface area contributed by atoms with E-state index in [1.165, 1.54) is 47.5 Å². The average Bonchev–Trinajstić information content (AvgIpc) is 3.33. The molecule has 1 aliphatic heterocycles. The van der Waals surface area contributed by atoms with E-state index >= 15 is 0 Å².